The Morgan fingerprint density at radius 3 is 2.72 bits per heavy atom. The van der Waals surface area contributed by atoms with Crippen molar-refractivity contribution in [3.05, 3.63) is 47.7 Å². The number of hydrogen-bond acceptors (Lipinski definition) is 3. The van der Waals surface area contributed by atoms with Crippen LogP contribution in [0.2, 0.25) is 0 Å². The maximum Gasteiger partial charge on any atom is 0.333 e. The predicted octanol–water partition coefficient (Wildman–Crippen LogP) is 1.45. The molecule has 1 aromatic carbocycles. The summed E-state index contributed by atoms with van der Waals surface area (Å²) < 4.78 is 4.77. The highest BCUT2D eigenvalue weighted by molar-refractivity contribution is 5.82. The Balaban J connectivity index is 2.38. The van der Waals surface area contributed by atoms with E-state index in [-0.39, 0.29) is 6.61 Å². The normalized spacial score (nSPS) is 9.50. The maximum absolute atomic E-state index is 11.0. The van der Waals surface area contributed by atoms with Gasteiger partial charge >= 0.3 is 5.97 Å². The van der Waals surface area contributed by atoms with Gasteiger partial charge in [0.2, 0.25) is 0 Å². The first-order valence-corrected chi connectivity index (χ1v) is 5.33. The Morgan fingerprint density at radius 1 is 1.33 bits per heavy atom. The van der Waals surface area contributed by atoms with E-state index in [0.717, 1.165) is 5.56 Å². The molecule has 0 spiro atoms. The SMILES string of the molecule is CC(N)=CC(=O)OCC#CC#Cc1ccccc1. The second-order valence-electron chi connectivity index (χ2n) is 3.41. The molecule has 90 valence electrons. The molecule has 0 aliphatic rings. The van der Waals surface area contributed by atoms with Gasteiger partial charge in [0.05, 0.1) is 0 Å². The highest BCUT2D eigenvalue weighted by Crippen LogP contribution is 1.94. The molecule has 0 radical (unpaired) electrons. The topological polar surface area (TPSA) is 52.3 Å². The van der Waals surface area contributed by atoms with Crippen molar-refractivity contribution >= 4 is 5.97 Å². The van der Waals surface area contributed by atoms with Gasteiger partial charge in [-0.25, -0.2) is 4.79 Å². The summed E-state index contributed by atoms with van der Waals surface area (Å²) in [5, 5.41) is 0. The Morgan fingerprint density at radius 2 is 2.06 bits per heavy atom. The van der Waals surface area contributed by atoms with Crippen LogP contribution >= 0.6 is 0 Å². The summed E-state index contributed by atoms with van der Waals surface area (Å²) in [4.78, 5) is 11.0. The molecule has 0 saturated carbocycles. The summed E-state index contributed by atoms with van der Waals surface area (Å²) in [6.45, 7) is 1.62. The molecular formula is C15H13NO2. The number of carbonyl (C=O) groups excluding carboxylic acids is 1. The number of allylic oxidation sites excluding steroid dienone is 1. The largest absolute Gasteiger partial charge is 0.449 e. The number of hydrogen-bond donors (Lipinski definition) is 1. The molecule has 18 heavy (non-hydrogen) atoms. The van der Waals surface area contributed by atoms with Crippen molar-refractivity contribution in [2.75, 3.05) is 6.61 Å². The molecular weight excluding hydrogens is 226 g/mol. The van der Waals surface area contributed by atoms with Crippen LogP contribution in [0.15, 0.2) is 42.1 Å². The van der Waals surface area contributed by atoms with Crippen molar-refractivity contribution in [1.82, 2.24) is 0 Å². The van der Waals surface area contributed by atoms with E-state index < -0.39 is 5.97 Å². The molecule has 0 fully saturated rings. The van der Waals surface area contributed by atoms with E-state index in [9.17, 15) is 4.79 Å². The quantitative estimate of drug-likeness (QED) is 0.483. The van der Waals surface area contributed by atoms with Crippen LogP contribution in [0, 0.1) is 23.7 Å². The van der Waals surface area contributed by atoms with E-state index >= 15 is 0 Å². The zero-order chi connectivity index (χ0) is 13.2. The van der Waals surface area contributed by atoms with Gasteiger partial charge in [-0.1, -0.05) is 24.1 Å². The van der Waals surface area contributed by atoms with E-state index in [1.807, 2.05) is 30.3 Å². The number of carbonyl (C=O) groups is 1. The Labute approximate surface area is 107 Å². The number of nitrogens with two attached hydrogens (primary N) is 1. The third-order valence-corrected chi connectivity index (χ3v) is 1.76. The highest BCUT2D eigenvalue weighted by Gasteiger charge is 1.94. The van der Waals surface area contributed by atoms with Crippen molar-refractivity contribution in [3.63, 3.8) is 0 Å². The number of benzene rings is 1. The van der Waals surface area contributed by atoms with Gasteiger partial charge in [-0.2, -0.15) is 0 Å². The molecule has 1 rings (SSSR count). The molecule has 0 aromatic heterocycles. The fraction of sp³-hybridized carbons (Fsp3) is 0.133. The van der Waals surface area contributed by atoms with Gasteiger partial charge in [0, 0.05) is 17.3 Å². The zero-order valence-electron chi connectivity index (χ0n) is 10.1. The minimum atomic E-state index is -0.500. The molecule has 0 atom stereocenters. The molecule has 2 N–H and O–H groups in total. The van der Waals surface area contributed by atoms with Gasteiger partial charge < -0.3 is 10.5 Å². The fourth-order valence-electron chi connectivity index (χ4n) is 1.04. The van der Waals surface area contributed by atoms with Gasteiger partial charge in [-0.05, 0) is 36.8 Å². The monoisotopic (exact) mass is 239 g/mol. The molecule has 0 aliphatic heterocycles. The maximum atomic E-state index is 11.0. The lowest BCUT2D eigenvalue weighted by atomic mass is 10.2. The van der Waals surface area contributed by atoms with Crippen molar-refractivity contribution < 1.29 is 9.53 Å². The fourth-order valence-corrected chi connectivity index (χ4v) is 1.04. The Bertz CT molecular complexity index is 547. The molecule has 0 aliphatic carbocycles. The van der Waals surface area contributed by atoms with Gasteiger partial charge in [-0.15, -0.1) is 0 Å². The minimum absolute atomic E-state index is 0.00603. The van der Waals surface area contributed by atoms with Gasteiger partial charge in [0.1, 0.15) is 0 Å². The molecule has 1 aromatic rings. The second kappa shape index (κ2) is 7.60. The summed E-state index contributed by atoms with van der Waals surface area (Å²) in [6, 6.07) is 9.51. The van der Waals surface area contributed by atoms with Gasteiger partial charge in [0.15, 0.2) is 6.61 Å². The lowest BCUT2D eigenvalue weighted by Crippen LogP contribution is -2.04. The van der Waals surface area contributed by atoms with Gasteiger partial charge in [0.25, 0.3) is 0 Å². The summed E-state index contributed by atoms with van der Waals surface area (Å²) >= 11 is 0. The average molecular weight is 239 g/mol. The van der Waals surface area contributed by atoms with Crippen LogP contribution in [0.3, 0.4) is 0 Å². The van der Waals surface area contributed by atoms with Crippen LogP contribution in [0.5, 0.6) is 0 Å². The van der Waals surface area contributed by atoms with Crippen molar-refractivity contribution in [3.8, 4) is 23.7 Å². The van der Waals surface area contributed by atoms with E-state index in [1.165, 1.54) is 6.08 Å². The first-order chi connectivity index (χ1) is 8.68. The first-order valence-electron chi connectivity index (χ1n) is 5.33. The van der Waals surface area contributed by atoms with E-state index in [4.69, 9.17) is 10.5 Å². The molecule has 0 saturated heterocycles. The lowest BCUT2D eigenvalue weighted by molar-refractivity contribution is -0.136. The van der Waals surface area contributed by atoms with Crippen LogP contribution < -0.4 is 5.73 Å². The van der Waals surface area contributed by atoms with Crippen molar-refractivity contribution in [2.24, 2.45) is 5.73 Å². The number of ether oxygens (including phenoxy) is 1. The van der Waals surface area contributed by atoms with Crippen LogP contribution in [0.1, 0.15) is 12.5 Å². The van der Waals surface area contributed by atoms with E-state index in [0.29, 0.717) is 5.70 Å². The lowest BCUT2D eigenvalue weighted by Gasteiger charge is -1.94. The highest BCUT2D eigenvalue weighted by atomic mass is 16.5. The molecule has 0 bridgehead atoms. The predicted molar refractivity (Wildman–Crippen MR) is 70.0 cm³/mol. The third kappa shape index (κ3) is 6.05. The van der Waals surface area contributed by atoms with Gasteiger partial charge in [-0.3, -0.25) is 0 Å². The summed E-state index contributed by atoms with van der Waals surface area (Å²) in [7, 11) is 0. The molecule has 0 heterocycles. The summed E-state index contributed by atoms with van der Waals surface area (Å²) in [6.07, 6.45) is 1.21. The van der Waals surface area contributed by atoms with E-state index in [1.54, 1.807) is 6.92 Å². The van der Waals surface area contributed by atoms with Crippen LogP contribution in [-0.4, -0.2) is 12.6 Å². The molecule has 0 unspecified atom stereocenters. The third-order valence-electron chi connectivity index (χ3n) is 1.76. The standard InChI is InChI=1S/C15H13NO2/c1-13(16)12-15(17)18-11-7-3-6-10-14-8-4-2-5-9-14/h2,4-5,8-9,12H,11,16H2,1H3. The zero-order valence-corrected chi connectivity index (χ0v) is 10.1. The first kappa shape index (κ1) is 13.4. The molecule has 3 nitrogen and oxygen atoms in total. The second-order valence-corrected chi connectivity index (χ2v) is 3.41. The average Bonchev–Trinajstić information content (AvgIpc) is 2.34. The minimum Gasteiger partial charge on any atom is -0.449 e. The summed E-state index contributed by atoms with van der Waals surface area (Å²) in [5.41, 5.74) is 6.61. The Kier molecular flexibility index (Phi) is 5.66. The molecule has 3 heteroatoms. The smallest absolute Gasteiger partial charge is 0.333 e. The number of rotatable bonds is 2. The van der Waals surface area contributed by atoms with Crippen molar-refractivity contribution in [1.29, 1.82) is 0 Å². The van der Waals surface area contributed by atoms with Crippen molar-refractivity contribution in [2.45, 2.75) is 6.92 Å². The van der Waals surface area contributed by atoms with Crippen LogP contribution in [0.4, 0.5) is 0 Å². The number of esters is 1. The van der Waals surface area contributed by atoms with E-state index in [2.05, 4.69) is 23.7 Å². The summed E-state index contributed by atoms with van der Waals surface area (Å²) in [5.74, 6) is 10.3. The Hall–Kier alpha value is -2.65. The van der Waals surface area contributed by atoms with Crippen LogP contribution in [-0.2, 0) is 9.53 Å². The molecule has 0 amide bonds. The van der Waals surface area contributed by atoms with Crippen LogP contribution in [0.25, 0.3) is 0 Å².